The topological polar surface area (TPSA) is 61.5 Å². The van der Waals surface area contributed by atoms with Crippen LogP contribution >= 0.6 is 17.0 Å². The highest BCUT2D eigenvalue weighted by Gasteiger charge is 2.11. The van der Waals surface area contributed by atoms with Crippen LogP contribution in [0.25, 0.3) is 0 Å². The molecule has 1 aromatic carbocycles. The molecule has 0 aliphatic carbocycles. The van der Waals surface area contributed by atoms with Crippen LogP contribution < -0.4 is 15.2 Å². The quantitative estimate of drug-likeness (QED) is 0.678. The first-order valence-corrected chi connectivity index (χ1v) is 4.12. The maximum atomic E-state index is 11.2. The van der Waals surface area contributed by atoms with Gasteiger partial charge in [-0.15, -0.1) is 17.0 Å². The summed E-state index contributed by atoms with van der Waals surface area (Å²) in [5.41, 5.74) is 6.51. The lowest BCUT2D eigenvalue weighted by molar-refractivity contribution is 0.101. The zero-order valence-electron chi connectivity index (χ0n) is 8.87. The molecule has 0 saturated heterocycles. The lowest BCUT2D eigenvalue weighted by Crippen LogP contribution is -2.02. The molecular weight excluding hydrogens is 262 g/mol. The van der Waals surface area contributed by atoms with Crippen molar-refractivity contribution >= 4 is 28.5 Å². The summed E-state index contributed by atoms with van der Waals surface area (Å²) in [6.07, 6.45) is 0. The highest BCUT2D eigenvalue weighted by atomic mass is 79.9. The first kappa shape index (κ1) is 13.8. The number of carbonyl (C=O) groups excluding carboxylic acids is 1. The van der Waals surface area contributed by atoms with Crippen LogP contribution in [-0.2, 0) is 0 Å². The zero-order chi connectivity index (χ0) is 10.7. The van der Waals surface area contributed by atoms with E-state index in [1.807, 2.05) is 0 Å². The number of benzene rings is 1. The Bertz CT molecular complexity index is 366. The standard InChI is InChI=1S/C10H13NO3.BrH/c1-6(12)7-4-9(13-2)10(14-3)5-8(7)11;/h4-5H,11H2,1-3H3;1H. The Morgan fingerprint density at radius 2 is 1.67 bits per heavy atom. The van der Waals surface area contributed by atoms with E-state index in [4.69, 9.17) is 15.2 Å². The number of hydrogen-bond acceptors (Lipinski definition) is 4. The normalized spacial score (nSPS) is 9.00. The van der Waals surface area contributed by atoms with Crippen molar-refractivity contribution in [3.8, 4) is 11.5 Å². The van der Waals surface area contributed by atoms with Gasteiger partial charge < -0.3 is 15.2 Å². The Hall–Kier alpha value is -1.23. The average molecular weight is 276 g/mol. The first-order chi connectivity index (χ1) is 6.60. The second-order valence-electron chi connectivity index (χ2n) is 2.85. The van der Waals surface area contributed by atoms with Crippen molar-refractivity contribution in [3.63, 3.8) is 0 Å². The molecule has 0 spiro atoms. The molecule has 0 radical (unpaired) electrons. The molecule has 0 aliphatic heterocycles. The number of rotatable bonds is 3. The summed E-state index contributed by atoms with van der Waals surface area (Å²) < 4.78 is 10.1. The summed E-state index contributed by atoms with van der Waals surface area (Å²) >= 11 is 0. The van der Waals surface area contributed by atoms with Gasteiger partial charge in [0.2, 0.25) is 0 Å². The van der Waals surface area contributed by atoms with Crippen molar-refractivity contribution in [2.45, 2.75) is 6.92 Å². The van der Waals surface area contributed by atoms with Crippen molar-refractivity contribution in [2.75, 3.05) is 20.0 Å². The van der Waals surface area contributed by atoms with Gasteiger partial charge >= 0.3 is 0 Å². The minimum atomic E-state index is -0.0940. The number of methoxy groups -OCH3 is 2. The van der Waals surface area contributed by atoms with Gasteiger partial charge in [0.25, 0.3) is 0 Å². The Balaban J connectivity index is 0.00000196. The number of nitrogen functional groups attached to an aromatic ring is 1. The zero-order valence-corrected chi connectivity index (χ0v) is 10.6. The number of hydrogen-bond donors (Lipinski definition) is 1. The highest BCUT2D eigenvalue weighted by Crippen LogP contribution is 2.31. The molecule has 4 nitrogen and oxygen atoms in total. The van der Waals surface area contributed by atoms with Gasteiger partial charge in [0.15, 0.2) is 17.3 Å². The summed E-state index contributed by atoms with van der Waals surface area (Å²) in [6, 6.07) is 3.16. The van der Waals surface area contributed by atoms with E-state index >= 15 is 0 Å². The van der Waals surface area contributed by atoms with E-state index in [0.29, 0.717) is 22.7 Å². The van der Waals surface area contributed by atoms with Crippen LogP contribution in [-0.4, -0.2) is 20.0 Å². The fourth-order valence-corrected chi connectivity index (χ4v) is 1.20. The molecule has 1 rings (SSSR count). The van der Waals surface area contributed by atoms with Crippen molar-refractivity contribution < 1.29 is 14.3 Å². The Morgan fingerprint density at radius 1 is 1.20 bits per heavy atom. The van der Waals surface area contributed by atoms with Crippen LogP contribution in [0.15, 0.2) is 12.1 Å². The number of anilines is 1. The van der Waals surface area contributed by atoms with E-state index in [9.17, 15) is 4.79 Å². The second-order valence-corrected chi connectivity index (χ2v) is 2.85. The van der Waals surface area contributed by atoms with Crippen LogP contribution in [0.4, 0.5) is 5.69 Å². The molecule has 15 heavy (non-hydrogen) atoms. The third kappa shape index (κ3) is 2.86. The van der Waals surface area contributed by atoms with Gasteiger partial charge in [0.05, 0.1) is 14.2 Å². The molecule has 2 N–H and O–H groups in total. The second kappa shape index (κ2) is 5.60. The summed E-state index contributed by atoms with van der Waals surface area (Å²) in [7, 11) is 3.03. The van der Waals surface area contributed by atoms with Gasteiger partial charge in [-0.25, -0.2) is 0 Å². The van der Waals surface area contributed by atoms with E-state index in [1.54, 1.807) is 12.1 Å². The molecule has 0 heterocycles. The van der Waals surface area contributed by atoms with Crippen molar-refractivity contribution in [1.82, 2.24) is 0 Å². The van der Waals surface area contributed by atoms with Crippen LogP contribution in [0, 0.1) is 0 Å². The molecule has 0 atom stereocenters. The van der Waals surface area contributed by atoms with Gasteiger partial charge in [-0.1, -0.05) is 0 Å². The summed E-state index contributed by atoms with van der Waals surface area (Å²) in [5, 5.41) is 0. The SMILES string of the molecule is Br.COc1cc(N)c(C(C)=O)cc1OC. The third-order valence-corrected chi connectivity index (χ3v) is 1.94. The number of ether oxygens (including phenoxy) is 2. The Morgan fingerprint density at radius 3 is 2.07 bits per heavy atom. The van der Waals surface area contributed by atoms with E-state index in [2.05, 4.69) is 0 Å². The maximum absolute atomic E-state index is 11.2. The molecule has 5 heteroatoms. The first-order valence-electron chi connectivity index (χ1n) is 4.12. The number of carbonyl (C=O) groups is 1. The predicted molar refractivity (Wildman–Crippen MR) is 64.3 cm³/mol. The Kier molecular flexibility index (Phi) is 5.14. The minimum Gasteiger partial charge on any atom is -0.493 e. The summed E-state index contributed by atoms with van der Waals surface area (Å²) in [4.78, 5) is 11.2. The van der Waals surface area contributed by atoms with Gasteiger partial charge in [0, 0.05) is 17.3 Å². The molecule has 0 aromatic heterocycles. The van der Waals surface area contributed by atoms with E-state index < -0.39 is 0 Å². The van der Waals surface area contributed by atoms with E-state index in [0.717, 1.165) is 0 Å². The van der Waals surface area contributed by atoms with Gasteiger partial charge in [-0.05, 0) is 13.0 Å². The maximum Gasteiger partial charge on any atom is 0.162 e. The largest absolute Gasteiger partial charge is 0.493 e. The van der Waals surface area contributed by atoms with Gasteiger partial charge in [0.1, 0.15) is 0 Å². The monoisotopic (exact) mass is 275 g/mol. The molecule has 84 valence electrons. The molecule has 0 fully saturated rings. The van der Waals surface area contributed by atoms with E-state index in [1.165, 1.54) is 21.1 Å². The van der Waals surface area contributed by atoms with Crippen LogP contribution in [0.1, 0.15) is 17.3 Å². The van der Waals surface area contributed by atoms with Gasteiger partial charge in [-0.2, -0.15) is 0 Å². The number of ketones is 1. The highest BCUT2D eigenvalue weighted by molar-refractivity contribution is 8.93. The number of Topliss-reactive ketones (excluding diaryl/α,β-unsaturated/α-hetero) is 1. The molecular formula is C10H14BrNO3. The summed E-state index contributed by atoms with van der Waals surface area (Å²) in [5.74, 6) is 0.936. The minimum absolute atomic E-state index is 0. The molecule has 0 saturated carbocycles. The fourth-order valence-electron chi connectivity index (χ4n) is 1.20. The number of halogens is 1. The fraction of sp³-hybridized carbons (Fsp3) is 0.300. The van der Waals surface area contributed by atoms with Crippen LogP contribution in [0.2, 0.25) is 0 Å². The predicted octanol–water partition coefficient (Wildman–Crippen LogP) is 2.07. The molecule has 1 aromatic rings. The molecule has 0 unspecified atom stereocenters. The molecule has 0 bridgehead atoms. The Labute approximate surface area is 99.1 Å². The van der Waals surface area contributed by atoms with Crippen LogP contribution in [0.5, 0.6) is 11.5 Å². The average Bonchev–Trinajstić information content (AvgIpc) is 2.16. The van der Waals surface area contributed by atoms with Crippen LogP contribution in [0.3, 0.4) is 0 Å². The molecule has 0 amide bonds. The summed E-state index contributed by atoms with van der Waals surface area (Å²) in [6.45, 7) is 1.46. The van der Waals surface area contributed by atoms with Crippen molar-refractivity contribution in [2.24, 2.45) is 0 Å². The lowest BCUT2D eigenvalue weighted by Gasteiger charge is -2.10. The lowest BCUT2D eigenvalue weighted by atomic mass is 10.1. The van der Waals surface area contributed by atoms with Gasteiger partial charge in [-0.3, -0.25) is 4.79 Å². The smallest absolute Gasteiger partial charge is 0.162 e. The van der Waals surface area contributed by atoms with Crippen molar-refractivity contribution in [1.29, 1.82) is 0 Å². The number of nitrogens with two attached hydrogens (primary N) is 1. The van der Waals surface area contributed by atoms with Crippen molar-refractivity contribution in [3.05, 3.63) is 17.7 Å². The third-order valence-electron chi connectivity index (χ3n) is 1.94. The molecule has 0 aliphatic rings. The van der Waals surface area contributed by atoms with E-state index in [-0.39, 0.29) is 22.8 Å².